The summed E-state index contributed by atoms with van der Waals surface area (Å²) < 4.78 is 30.4. The highest BCUT2D eigenvalue weighted by atomic mass is 32.2. The minimum atomic E-state index is -3.96. The average molecular weight is 543 g/mol. The van der Waals surface area contributed by atoms with Gasteiger partial charge >= 0.3 is 6.09 Å². The fourth-order valence-electron chi connectivity index (χ4n) is 4.14. The van der Waals surface area contributed by atoms with Crippen molar-refractivity contribution in [3.05, 3.63) is 77.9 Å². The Balaban J connectivity index is 1.55. The number of sulfonamides is 1. The van der Waals surface area contributed by atoms with Gasteiger partial charge in [-0.2, -0.15) is 4.31 Å². The number of imidazole rings is 1. The fraction of sp³-hybridized carbons (Fsp3) is 0.308. The third-order valence-electron chi connectivity index (χ3n) is 5.91. The van der Waals surface area contributed by atoms with Crippen LogP contribution in [-0.4, -0.2) is 63.6 Å². The van der Waals surface area contributed by atoms with Gasteiger partial charge < -0.3 is 15.5 Å². The van der Waals surface area contributed by atoms with E-state index in [1.807, 2.05) is 66.4 Å². The van der Waals surface area contributed by atoms with Crippen LogP contribution in [0.4, 0.5) is 4.79 Å². The first-order chi connectivity index (χ1) is 17.6. The van der Waals surface area contributed by atoms with Crippen LogP contribution in [0.25, 0.3) is 16.2 Å². The van der Waals surface area contributed by atoms with Gasteiger partial charge in [-0.15, -0.1) is 11.3 Å². The summed E-state index contributed by atoms with van der Waals surface area (Å²) in [5.41, 5.74) is 2.36. The predicted molar refractivity (Wildman–Crippen MR) is 143 cm³/mol. The number of thiazole rings is 1. The number of amides is 1. The summed E-state index contributed by atoms with van der Waals surface area (Å²) >= 11 is 1.52. The maximum Gasteiger partial charge on any atom is 0.404 e. The molecule has 2 aromatic carbocycles. The van der Waals surface area contributed by atoms with Crippen LogP contribution in [0.1, 0.15) is 19.4 Å². The molecule has 0 spiro atoms. The molecule has 196 valence electrons. The van der Waals surface area contributed by atoms with Crippen LogP contribution in [0.15, 0.2) is 77.3 Å². The first kappa shape index (κ1) is 26.8. The van der Waals surface area contributed by atoms with Gasteiger partial charge in [-0.3, -0.25) is 4.40 Å². The first-order valence-electron chi connectivity index (χ1n) is 11.9. The molecule has 2 heterocycles. The molecule has 0 radical (unpaired) electrons. The highest BCUT2D eigenvalue weighted by Crippen LogP contribution is 2.25. The van der Waals surface area contributed by atoms with Crippen molar-refractivity contribution in [2.75, 3.05) is 13.1 Å². The second kappa shape index (κ2) is 11.4. The summed E-state index contributed by atoms with van der Waals surface area (Å²) in [6.45, 7) is 3.69. The third kappa shape index (κ3) is 6.55. The van der Waals surface area contributed by atoms with E-state index in [1.54, 1.807) is 12.1 Å². The van der Waals surface area contributed by atoms with Crippen LogP contribution < -0.4 is 5.32 Å². The average Bonchev–Trinajstić information content (AvgIpc) is 3.46. The summed E-state index contributed by atoms with van der Waals surface area (Å²) in [7, 11) is -3.96. The molecule has 11 heteroatoms. The van der Waals surface area contributed by atoms with Crippen LogP contribution in [0.2, 0.25) is 0 Å². The van der Waals surface area contributed by atoms with Gasteiger partial charge in [-0.25, -0.2) is 18.2 Å². The summed E-state index contributed by atoms with van der Waals surface area (Å²) in [5, 5.41) is 24.6. The summed E-state index contributed by atoms with van der Waals surface area (Å²) in [6, 6.07) is 14.8. The van der Waals surface area contributed by atoms with E-state index in [9.17, 15) is 23.4 Å². The van der Waals surface area contributed by atoms with Crippen LogP contribution in [0.5, 0.6) is 0 Å². The minimum Gasteiger partial charge on any atom is -0.465 e. The van der Waals surface area contributed by atoms with Crippen molar-refractivity contribution < 1.29 is 23.4 Å². The van der Waals surface area contributed by atoms with Gasteiger partial charge in [-0.05, 0) is 30.0 Å². The van der Waals surface area contributed by atoms with Crippen molar-refractivity contribution in [1.29, 1.82) is 0 Å². The molecule has 4 aromatic rings. The minimum absolute atomic E-state index is 0.0141. The van der Waals surface area contributed by atoms with E-state index in [-0.39, 0.29) is 30.3 Å². The van der Waals surface area contributed by atoms with Crippen molar-refractivity contribution in [3.63, 3.8) is 0 Å². The van der Waals surface area contributed by atoms with Crippen molar-refractivity contribution in [2.45, 2.75) is 37.3 Å². The van der Waals surface area contributed by atoms with Crippen LogP contribution in [0.3, 0.4) is 0 Å². The van der Waals surface area contributed by atoms with Gasteiger partial charge in [0.1, 0.15) is 0 Å². The number of benzene rings is 2. The monoisotopic (exact) mass is 542 g/mol. The lowest BCUT2D eigenvalue weighted by atomic mass is 10.0. The largest absolute Gasteiger partial charge is 0.465 e. The van der Waals surface area contributed by atoms with Crippen LogP contribution in [-0.2, 0) is 16.4 Å². The standard InChI is InChI=1S/C26H30N4O5S2/c1-18(2)15-30(17-24(31)22(28-26(32)33)14-19-6-4-3-5-7-19)37(34,35)21-10-8-20(9-11-21)23-16-29-12-13-36-25(29)27-23/h3-13,16,18,22,24,28,31H,14-15,17H2,1-2H3,(H,32,33)/t22-,24+/m0/s1. The molecule has 0 unspecified atom stereocenters. The maximum atomic E-state index is 13.6. The zero-order valence-electron chi connectivity index (χ0n) is 20.6. The number of carbonyl (C=O) groups is 1. The van der Waals surface area contributed by atoms with Crippen LogP contribution >= 0.6 is 11.3 Å². The molecule has 1 amide bonds. The Hall–Kier alpha value is -3.25. The normalized spacial score (nSPS) is 13.8. The fourth-order valence-corrected chi connectivity index (χ4v) is 6.46. The molecule has 0 bridgehead atoms. The molecule has 9 nitrogen and oxygen atoms in total. The number of fused-ring (bicyclic) bond motifs is 1. The lowest BCUT2D eigenvalue weighted by molar-refractivity contribution is 0.0980. The molecule has 0 aliphatic rings. The zero-order chi connectivity index (χ0) is 26.6. The second-order valence-corrected chi connectivity index (χ2v) is 12.1. The van der Waals surface area contributed by atoms with Crippen molar-refractivity contribution >= 4 is 32.4 Å². The number of hydrogen-bond acceptors (Lipinski definition) is 6. The lowest BCUT2D eigenvalue weighted by Crippen LogP contribution is -2.50. The number of hydrogen-bond donors (Lipinski definition) is 3. The summed E-state index contributed by atoms with van der Waals surface area (Å²) in [4.78, 5) is 16.9. The second-order valence-electron chi connectivity index (χ2n) is 9.27. The van der Waals surface area contributed by atoms with E-state index in [2.05, 4.69) is 10.3 Å². The number of aliphatic hydroxyl groups excluding tert-OH is 1. The Morgan fingerprint density at radius 1 is 1.11 bits per heavy atom. The topological polar surface area (TPSA) is 124 Å². The van der Waals surface area contributed by atoms with E-state index < -0.39 is 28.3 Å². The highest BCUT2D eigenvalue weighted by Gasteiger charge is 2.31. The van der Waals surface area contributed by atoms with Gasteiger partial charge in [-0.1, -0.05) is 56.3 Å². The predicted octanol–water partition coefficient (Wildman–Crippen LogP) is 3.95. The van der Waals surface area contributed by atoms with Gasteiger partial charge in [0.05, 0.1) is 22.7 Å². The Labute approximate surface area is 220 Å². The molecule has 0 aliphatic carbocycles. The smallest absolute Gasteiger partial charge is 0.404 e. The molecule has 0 fully saturated rings. The van der Waals surface area contributed by atoms with Gasteiger partial charge in [0.2, 0.25) is 10.0 Å². The number of nitrogens with zero attached hydrogens (tertiary/aromatic N) is 3. The number of aromatic nitrogens is 2. The number of carboxylic acid groups (broad SMARTS) is 1. The van der Waals surface area contributed by atoms with Crippen LogP contribution in [0, 0.1) is 5.92 Å². The van der Waals surface area contributed by atoms with Crippen molar-refractivity contribution in [2.24, 2.45) is 5.92 Å². The molecule has 37 heavy (non-hydrogen) atoms. The zero-order valence-corrected chi connectivity index (χ0v) is 22.2. The molecule has 3 N–H and O–H groups in total. The maximum absolute atomic E-state index is 13.6. The first-order valence-corrected chi connectivity index (χ1v) is 14.2. The highest BCUT2D eigenvalue weighted by molar-refractivity contribution is 7.89. The van der Waals surface area contributed by atoms with Gasteiger partial charge in [0.15, 0.2) is 4.96 Å². The molecule has 2 atom stereocenters. The lowest BCUT2D eigenvalue weighted by Gasteiger charge is -2.30. The molecule has 2 aromatic heterocycles. The molecule has 0 saturated heterocycles. The Kier molecular flexibility index (Phi) is 8.28. The van der Waals surface area contributed by atoms with Crippen molar-refractivity contribution in [1.82, 2.24) is 19.0 Å². The van der Waals surface area contributed by atoms with E-state index in [0.29, 0.717) is 0 Å². The molecule has 4 rings (SSSR count). The molecular weight excluding hydrogens is 512 g/mol. The Morgan fingerprint density at radius 2 is 1.81 bits per heavy atom. The third-order valence-corrected chi connectivity index (χ3v) is 8.53. The molecule has 0 aliphatic heterocycles. The Bertz CT molecular complexity index is 1400. The molecule has 0 saturated carbocycles. The van der Waals surface area contributed by atoms with E-state index >= 15 is 0 Å². The molecular formula is C26H30N4O5S2. The SMILES string of the molecule is CC(C)CN(C[C@@H](O)[C@H](Cc1ccccc1)NC(=O)O)S(=O)(=O)c1ccc(-c2cn3ccsc3n2)cc1. The summed E-state index contributed by atoms with van der Waals surface area (Å²) in [6.07, 6.45) is 1.48. The van der Waals surface area contributed by atoms with E-state index in [1.165, 1.54) is 27.8 Å². The van der Waals surface area contributed by atoms with E-state index in [0.717, 1.165) is 21.8 Å². The number of aliphatic hydroxyl groups is 1. The quantitative estimate of drug-likeness (QED) is 0.264. The number of nitrogens with one attached hydrogen (secondary N) is 1. The van der Waals surface area contributed by atoms with Gasteiger partial charge in [0.25, 0.3) is 0 Å². The van der Waals surface area contributed by atoms with Crippen molar-refractivity contribution in [3.8, 4) is 11.3 Å². The van der Waals surface area contributed by atoms with Gasteiger partial charge in [0, 0.05) is 36.4 Å². The Morgan fingerprint density at radius 3 is 2.43 bits per heavy atom. The summed E-state index contributed by atoms with van der Waals surface area (Å²) in [5.74, 6) is -0.0141. The van der Waals surface area contributed by atoms with E-state index in [4.69, 9.17) is 0 Å². The number of rotatable bonds is 11.